The largest absolute Gasteiger partial charge is 0.481 e. The molecule has 5 nitrogen and oxygen atoms in total. The van der Waals surface area contributed by atoms with Crippen LogP contribution in [-0.4, -0.2) is 46.0 Å². The van der Waals surface area contributed by atoms with Crippen LogP contribution in [0.15, 0.2) is 17.5 Å². The maximum atomic E-state index is 12.5. The highest BCUT2D eigenvalue weighted by Crippen LogP contribution is 2.21. The van der Waals surface area contributed by atoms with Crippen LogP contribution in [0.25, 0.3) is 0 Å². The van der Waals surface area contributed by atoms with Gasteiger partial charge in [-0.25, -0.2) is 4.79 Å². The second-order valence-electron chi connectivity index (χ2n) is 5.35. The van der Waals surface area contributed by atoms with E-state index in [1.807, 2.05) is 31.4 Å². The lowest BCUT2D eigenvalue weighted by Gasteiger charge is -2.31. The standard InChI is InChI=1S/C14H20N2O3S/c1-10(2)16(9-12-4-3-7-20-12)14(19)15-6-5-11(8-15)13(17)18/h3-4,7,10-11H,5-6,8-9H2,1-2H3,(H,17,18). The average molecular weight is 296 g/mol. The van der Waals surface area contributed by atoms with Crippen molar-refractivity contribution in [1.29, 1.82) is 0 Å². The smallest absolute Gasteiger partial charge is 0.320 e. The van der Waals surface area contributed by atoms with Gasteiger partial charge in [-0.15, -0.1) is 11.3 Å². The molecule has 1 N–H and O–H groups in total. The lowest BCUT2D eigenvalue weighted by molar-refractivity contribution is -0.141. The Labute approximate surface area is 122 Å². The minimum Gasteiger partial charge on any atom is -0.481 e. The zero-order valence-corrected chi connectivity index (χ0v) is 12.6. The normalized spacial score (nSPS) is 18.6. The van der Waals surface area contributed by atoms with Crippen molar-refractivity contribution >= 4 is 23.3 Å². The SMILES string of the molecule is CC(C)N(Cc1cccs1)C(=O)N1CCC(C(=O)O)C1. The molecule has 1 aromatic rings. The molecule has 1 aromatic heterocycles. The van der Waals surface area contributed by atoms with E-state index in [1.54, 1.807) is 21.1 Å². The molecule has 6 heteroatoms. The first kappa shape index (κ1) is 14.8. The second kappa shape index (κ2) is 6.26. The van der Waals surface area contributed by atoms with Crippen LogP contribution in [0.4, 0.5) is 4.79 Å². The van der Waals surface area contributed by atoms with Crippen molar-refractivity contribution < 1.29 is 14.7 Å². The molecule has 2 heterocycles. The van der Waals surface area contributed by atoms with Crippen LogP contribution in [-0.2, 0) is 11.3 Å². The third-order valence-electron chi connectivity index (χ3n) is 3.58. The number of thiophene rings is 1. The van der Waals surface area contributed by atoms with Crippen molar-refractivity contribution in [3.05, 3.63) is 22.4 Å². The van der Waals surface area contributed by atoms with Crippen molar-refractivity contribution in [2.45, 2.75) is 32.9 Å². The van der Waals surface area contributed by atoms with E-state index in [-0.39, 0.29) is 12.1 Å². The van der Waals surface area contributed by atoms with Crippen molar-refractivity contribution in [2.24, 2.45) is 5.92 Å². The Hall–Kier alpha value is -1.56. The number of likely N-dealkylation sites (tertiary alicyclic amines) is 1. The fraction of sp³-hybridized carbons (Fsp3) is 0.571. The van der Waals surface area contributed by atoms with Crippen LogP contribution in [0.5, 0.6) is 0 Å². The number of hydrogen-bond donors (Lipinski definition) is 1. The van der Waals surface area contributed by atoms with E-state index in [0.717, 1.165) is 4.88 Å². The highest BCUT2D eigenvalue weighted by molar-refractivity contribution is 7.09. The Bertz CT molecular complexity index is 473. The molecule has 1 unspecified atom stereocenters. The molecule has 1 atom stereocenters. The monoisotopic (exact) mass is 296 g/mol. The molecule has 2 amide bonds. The molecule has 0 aromatic carbocycles. The summed E-state index contributed by atoms with van der Waals surface area (Å²) >= 11 is 1.63. The van der Waals surface area contributed by atoms with Crippen molar-refractivity contribution in [2.75, 3.05) is 13.1 Å². The van der Waals surface area contributed by atoms with E-state index >= 15 is 0 Å². The molecule has 0 aliphatic carbocycles. The van der Waals surface area contributed by atoms with Crippen LogP contribution in [0.3, 0.4) is 0 Å². The summed E-state index contributed by atoms with van der Waals surface area (Å²) in [5, 5.41) is 11.0. The number of amides is 2. The molecule has 0 spiro atoms. The second-order valence-corrected chi connectivity index (χ2v) is 6.39. The van der Waals surface area contributed by atoms with E-state index in [1.165, 1.54) is 0 Å². The minimum atomic E-state index is -0.811. The highest BCUT2D eigenvalue weighted by Gasteiger charge is 2.33. The molecule has 1 fully saturated rings. The molecule has 2 rings (SSSR count). The maximum Gasteiger partial charge on any atom is 0.320 e. The number of urea groups is 1. The quantitative estimate of drug-likeness (QED) is 0.928. The summed E-state index contributed by atoms with van der Waals surface area (Å²) in [7, 11) is 0. The Morgan fingerprint density at radius 3 is 2.80 bits per heavy atom. The van der Waals surface area contributed by atoms with Gasteiger partial charge in [0.2, 0.25) is 0 Å². The molecule has 1 saturated heterocycles. The predicted molar refractivity (Wildman–Crippen MR) is 77.7 cm³/mol. The van der Waals surface area contributed by atoms with Crippen LogP contribution < -0.4 is 0 Å². The molecule has 0 saturated carbocycles. The average Bonchev–Trinajstić information content (AvgIpc) is 3.06. The summed E-state index contributed by atoms with van der Waals surface area (Å²) in [6.07, 6.45) is 0.548. The fourth-order valence-electron chi connectivity index (χ4n) is 2.36. The van der Waals surface area contributed by atoms with Crippen molar-refractivity contribution in [3.8, 4) is 0 Å². The van der Waals surface area contributed by atoms with Crippen LogP contribution in [0, 0.1) is 5.92 Å². The van der Waals surface area contributed by atoms with Gasteiger partial charge in [0.25, 0.3) is 0 Å². The molecule has 0 radical (unpaired) electrons. The number of carboxylic acid groups (broad SMARTS) is 1. The molecule has 1 aliphatic rings. The Morgan fingerprint density at radius 2 is 2.30 bits per heavy atom. The Balaban J connectivity index is 2.02. The Kier molecular flexibility index (Phi) is 4.65. The van der Waals surface area contributed by atoms with Crippen molar-refractivity contribution in [3.63, 3.8) is 0 Å². The van der Waals surface area contributed by atoms with Gasteiger partial charge in [0.15, 0.2) is 0 Å². The number of carboxylic acids is 1. The Morgan fingerprint density at radius 1 is 1.55 bits per heavy atom. The predicted octanol–water partition coefficient (Wildman–Crippen LogP) is 2.49. The van der Waals surface area contributed by atoms with Crippen molar-refractivity contribution in [1.82, 2.24) is 9.80 Å². The molecule has 110 valence electrons. The molecule has 1 aliphatic heterocycles. The fourth-order valence-corrected chi connectivity index (χ4v) is 3.06. The summed E-state index contributed by atoms with van der Waals surface area (Å²) in [4.78, 5) is 28.1. The van der Waals surface area contributed by atoms with Gasteiger partial charge in [0.05, 0.1) is 12.5 Å². The molecule has 0 bridgehead atoms. The summed E-state index contributed by atoms with van der Waals surface area (Å²) in [5.41, 5.74) is 0. The van der Waals surface area contributed by atoms with Gasteiger partial charge in [0.1, 0.15) is 0 Å². The van der Waals surface area contributed by atoms with Gasteiger partial charge < -0.3 is 14.9 Å². The summed E-state index contributed by atoms with van der Waals surface area (Å²) in [6, 6.07) is 4.02. The third-order valence-corrected chi connectivity index (χ3v) is 4.44. The first-order chi connectivity index (χ1) is 9.49. The van der Waals surface area contributed by atoms with Crippen LogP contribution in [0.2, 0.25) is 0 Å². The molecular weight excluding hydrogens is 276 g/mol. The van der Waals surface area contributed by atoms with Gasteiger partial charge >= 0.3 is 12.0 Å². The minimum absolute atomic E-state index is 0.0582. The van der Waals surface area contributed by atoms with E-state index in [2.05, 4.69) is 0 Å². The molecular formula is C14H20N2O3S. The number of carbonyl (C=O) groups is 2. The van der Waals surface area contributed by atoms with Gasteiger partial charge in [-0.3, -0.25) is 4.79 Å². The molecule has 20 heavy (non-hydrogen) atoms. The van der Waals surface area contributed by atoms with E-state index in [9.17, 15) is 9.59 Å². The zero-order chi connectivity index (χ0) is 14.7. The number of rotatable bonds is 4. The number of nitrogens with zero attached hydrogens (tertiary/aromatic N) is 2. The van der Waals surface area contributed by atoms with Crippen LogP contribution in [0.1, 0.15) is 25.1 Å². The van der Waals surface area contributed by atoms with Gasteiger partial charge in [-0.2, -0.15) is 0 Å². The lowest BCUT2D eigenvalue weighted by atomic mass is 10.1. The van der Waals surface area contributed by atoms with Gasteiger partial charge in [-0.1, -0.05) is 6.07 Å². The van der Waals surface area contributed by atoms with Gasteiger partial charge in [0, 0.05) is 24.0 Å². The number of aliphatic carboxylic acids is 1. The third kappa shape index (κ3) is 3.30. The van der Waals surface area contributed by atoms with Crippen LogP contribution >= 0.6 is 11.3 Å². The summed E-state index contributed by atoms with van der Waals surface area (Å²) < 4.78 is 0. The summed E-state index contributed by atoms with van der Waals surface area (Å²) in [6.45, 7) is 5.40. The maximum absolute atomic E-state index is 12.5. The van der Waals surface area contributed by atoms with E-state index in [0.29, 0.717) is 26.1 Å². The number of carbonyl (C=O) groups excluding carboxylic acids is 1. The van der Waals surface area contributed by atoms with E-state index < -0.39 is 11.9 Å². The highest BCUT2D eigenvalue weighted by atomic mass is 32.1. The lowest BCUT2D eigenvalue weighted by Crippen LogP contribution is -2.45. The van der Waals surface area contributed by atoms with E-state index in [4.69, 9.17) is 5.11 Å². The summed E-state index contributed by atoms with van der Waals surface area (Å²) in [5.74, 6) is -1.23. The first-order valence-electron chi connectivity index (χ1n) is 6.79. The first-order valence-corrected chi connectivity index (χ1v) is 7.67. The zero-order valence-electron chi connectivity index (χ0n) is 11.8. The van der Waals surface area contributed by atoms with Gasteiger partial charge in [-0.05, 0) is 31.7 Å². The number of hydrogen-bond acceptors (Lipinski definition) is 3. The topological polar surface area (TPSA) is 60.9 Å².